The molecule has 1 heterocycles. The van der Waals surface area contributed by atoms with Crippen molar-refractivity contribution < 1.29 is 9.57 Å². The number of para-hydroxylation sites is 1. The summed E-state index contributed by atoms with van der Waals surface area (Å²) in [5.74, 6) is 0.893. The highest BCUT2D eigenvalue weighted by Crippen LogP contribution is 2.27. The van der Waals surface area contributed by atoms with Crippen molar-refractivity contribution in [2.24, 2.45) is 0 Å². The van der Waals surface area contributed by atoms with E-state index in [1.165, 1.54) is 0 Å². The van der Waals surface area contributed by atoms with E-state index in [1.807, 2.05) is 30.3 Å². The predicted molar refractivity (Wildman–Crippen MR) is 50.1 cm³/mol. The van der Waals surface area contributed by atoms with Crippen LogP contribution in [0.5, 0.6) is 5.75 Å². The number of rotatable bonds is 2. The van der Waals surface area contributed by atoms with Crippen LogP contribution in [-0.2, 0) is 4.84 Å². The molecule has 0 spiro atoms. The van der Waals surface area contributed by atoms with Crippen LogP contribution in [-0.4, -0.2) is 13.7 Å². The lowest BCUT2D eigenvalue weighted by Gasteiger charge is -2.18. The number of hydrogen-bond acceptors (Lipinski definition) is 3. The summed E-state index contributed by atoms with van der Waals surface area (Å²) in [6.07, 6.45) is 1.95. The van der Waals surface area contributed by atoms with E-state index in [2.05, 4.69) is 5.48 Å². The normalized spacial score (nSPS) is 14.1. The number of hydroxylamine groups is 1. The Hall–Kier alpha value is -1.48. The molecule has 0 amide bonds. The summed E-state index contributed by atoms with van der Waals surface area (Å²) >= 11 is 0. The Labute approximate surface area is 76.9 Å². The van der Waals surface area contributed by atoms with Crippen LogP contribution in [0.15, 0.2) is 30.3 Å². The van der Waals surface area contributed by atoms with Crippen molar-refractivity contribution in [2.75, 3.05) is 13.7 Å². The average molecular weight is 177 g/mol. The fraction of sp³-hybridized carbons (Fsp3) is 0.200. The van der Waals surface area contributed by atoms with Crippen molar-refractivity contribution in [1.29, 1.82) is 0 Å². The van der Waals surface area contributed by atoms with Crippen LogP contribution < -0.4 is 10.2 Å². The van der Waals surface area contributed by atoms with Crippen LogP contribution >= 0.6 is 0 Å². The molecular weight excluding hydrogens is 166 g/mol. The van der Waals surface area contributed by atoms with Crippen LogP contribution in [0.1, 0.15) is 5.56 Å². The summed E-state index contributed by atoms with van der Waals surface area (Å²) in [4.78, 5) is 4.86. The Balaban J connectivity index is 2.36. The number of hydrogen-bond donors (Lipinski definition) is 1. The third-order valence-electron chi connectivity index (χ3n) is 1.92. The van der Waals surface area contributed by atoms with E-state index < -0.39 is 0 Å². The first-order valence-electron chi connectivity index (χ1n) is 4.13. The number of nitrogens with one attached hydrogen (secondary N) is 1. The minimum absolute atomic E-state index is 0.586. The van der Waals surface area contributed by atoms with E-state index in [4.69, 9.17) is 9.57 Å². The van der Waals surface area contributed by atoms with Crippen molar-refractivity contribution in [1.82, 2.24) is 5.48 Å². The molecule has 0 fully saturated rings. The largest absolute Gasteiger partial charge is 0.489 e. The zero-order chi connectivity index (χ0) is 9.10. The summed E-state index contributed by atoms with van der Waals surface area (Å²) in [5.41, 5.74) is 4.82. The molecule has 0 aromatic heterocycles. The fourth-order valence-corrected chi connectivity index (χ4v) is 1.35. The summed E-state index contributed by atoms with van der Waals surface area (Å²) in [7, 11) is 1.60. The highest BCUT2D eigenvalue weighted by Gasteiger charge is 2.11. The maximum atomic E-state index is 5.43. The molecule has 0 saturated carbocycles. The van der Waals surface area contributed by atoms with Crippen molar-refractivity contribution in [3.8, 4) is 5.75 Å². The molecule has 68 valence electrons. The molecule has 0 saturated heterocycles. The van der Waals surface area contributed by atoms with Crippen molar-refractivity contribution >= 4 is 5.70 Å². The highest BCUT2D eigenvalue weighted by molar-refractivity contribution is 5.70. The molecule has 1 N–H and O–H groups in total. The molecule has 1 aliphatic rings. The smallest absolute Gasteiger partial charge is 0.129 e. The molecule has 1 aromatic rings. The van der Waals surface area contributed by atoms with Crippen LogP contribution in [0.3, 0.4) is 0 Å². The fourth-order valence-electron chi connectivity index (χ4n) is 1.35. The summed E-state index contributed by atoms with van der Waals surface area (Å²) in [5, 5.41) is 0. The van der Waals surface area contributed by atoms with E-state index >= 15 is 0 Å². The van der Waals surface area contributed by atoms with Crippen molar-refractivity contribution in [2.45, 2.75) is 0 Å². The lowest BCUT2D eigenvalue weighted by molar-refractivity contribution is 0.135. The molecule has 13 heavy (non-hydrogen) atoms. The van der Waals surface area contributed by atoms with Gasteiger partial charge in [-0.15, -0.1) is 0 Å². The van der Waals surface area contributed by atoms with Gasteiger partial charge in [-0.3, -0.25) is 10.3 Å². The van der Waals surface area contributed by atoms with E-state index in [0.717, 1.165) is 17.0 Å². The van der Waals surface area contributed by atoms with Gasteiger partial charge in [-0.25, -0.2) is 0 Å². The Morgan fingerprint density at radius 2 is 2.23 bits per heavy atom. The zero-order valence-electron chi connectivity index (χ0n) is 7.41. The van der Waals surface area contributed by atoms with Gasteiger partial charge >= 0.3 is 0 Å². The Morgan fingerprint density at radius 1 is 1.38 bits per heavy atom. The standard InChI is InChI=1S/C10H11NO2/c1-12-11-9-6-7-13-10-5-3-2-4-8(9)10/h2-6,11H,7H2,1H3. The summed E-state index contributed by atoms with van der Waals surface area (Å²) in [6, 6.07) is 7.86. The molecule has 1 aromatic carbocycles. The van der Waals surface area contributed by atoms with Gasteiger partial charge in [0.2, 0.25) is 0 Å². The van der Waals surface area contributed by atoms with Crippen LogP contribution in [0.25, 0.3) is 5.70 Å². The SMILES string of the molecule is CONC1=CCOc2ccccc21. The van der Waals surface area contributed by atoms with E-state index in [9.17, 15) is 0 Å². The second-order valence-electron chi connectivity index (χ2n) is 2.73. The Kier molecular flexibility index (Phi) is 2.19. The lowest BCUT2D eigenvalue weighted by atomic mass is 10.1. The third kappa shape index (κ3) is 1.51. The minimum atomic E-state index is 0.586. The maximum Gasteiger partial charge on any atom is 0.129 e. The van der Waals surface area contributed by atoms with Crippen molar-refractivity contribution in [3.63, 3.8) is 0 Å². The highest BCUT2D eigenvalue weighted by atomic mass is 16.6. The van der Waals surface area contributed by atoms with Crippen LogP contribution in [0.4, 0.5) is 0 Å². The van der Waals surface area contributed by atoms with Gasteiger partial charge in [0.1, 0.15) is 12.4 Å². The van der Waals surface area contributed by atoms with Gasteiger partial charge < -0.3 is 4.74 Å². The van der Waals surface area contributed by atoms with Crippen LogP contribution in [0.2, 0.25) is 0 Å². The first-order valence-corrected chi connectivity index (χ1v) is 4.13. The van der Waals surface area contributed by atoms with E-state index in [-0.39, 0.29) is 0 Å². The molecule has 0 bridgehead atoms. The van der Waals surface area contributed by atoms with Gasteiger partial charge in [0.25, 0.3) is 0 Å². The van der Waals surface area contributed by atoms with E-state index in [0.29, 0.717) is 6.61 Å². The number of benzene rings is 1. The monoisotopic (exact) mass is 177 g/mol. The third-order valence-corrected chi connectivity index (χ3v) is 1.92. The zero-order valence-corrected chi connectivity index (χ0v) is 7.41. The van der Waals surface area contributed by atoms with Gasteiger partial charge in [-0.05, 0) is 18.2 Å². The number of fused-ring (bicyclic) bond motifs is 1. The minimum Gasteiger partial charge on any atom is -0.489 e. The molecule has 0 unspecified atom stereocenters. The first-order chi connectivity index (χ1) is 6.42. The van der Waals surface area contributed by atoms with Crippen LogP contribution in [0, 0.1) is 0 Å². The Morgan fingerprint density at radius 3 is 3.08 bits per heavy atom. The topological polar surface area (TPSA) is 30.5 Å². The molecule has 0 radical (unpaired) electrons. The molecule has 0 atom stereocenters. The summed E-state index contributed by atoms with van der Waals surface area (Å²) in [6.45, 7) is 0.586. The summed E-state index contributed by atoms with van der Waals surface area (Å²) < 4.78 is 5.43. The molecule has 1 aliphatic heterocycles. The average Bonchev–Trinajstić information content (AvgIpc) is 2.19. The molecule has 0 aliphatic carbocycles. The van der Waals surface area contributed by atoms with Gasteiger partial charge in [0, 0.05) is 5.56 Å². The van der Waals surface area contributed by atoms with Gasteiger partial charge in [-0.1, -0.05) is 12.1 Å². The lowest BCUT2D eigenvalue weighted by Crippen LogP contribution is -2.15. The van der Waals surface area contributed by atoms with Crippen molar-refractivity contribution in [3.05, 3.63) is 35.9 Å². The molecular formula is C10H11NO2. The van der Waals surface area contributed by atoms with E-state index in [1.54, 1.807) is 7.11 Å². The Bertz CT molecular complexity index is 333. The number of ether oxygens (including phenoxy) is 1. The second-order valence-corrected chi connectivity index (χ2v) is 2.73. The molecule has 3 nitrogen and oxygen atoms in total. The second kappa shape index (κ2) is 3.49. The first kappa shape index (κ1) is 8.13. The molecule has 2 rings (SSSR count). The predicted octanol–water partition coefficient (Wildman–Crippen LogP) is 1.57. The maximum absolute atomic E-state index is 5.43. The van der Waals surface area contributed by atoms with Gasteiger partial charge in [0.15, 0.2) is 0 Å². The molecule has 3 heteroatoms. The van der Waals surface area contributed by atoms with Gasteiger partial charge in [-0.2, -0.15) is 0 Å². The van der Waals surface area contributed by atoms with Gasteiger partial charge in [0.05, 0.1) is 12.8 Å². The quantitative estimate of drug-likeness (QED) is 0.695.